The van der Waals surface area contributed by atoms with Crippen molar-refractivity contribution in [3.05, 3.63) is 35.4 Å². The largest absolute Gasteiger partial charge is 0.454 e. The quantitative estimate of drug-likeness (QED) is 0.603. The van der Waals surface area contributed by atoms with E-state index in [9.17, 15) is 19.2 Å². The number of hydrogen-bond donors (Lipinski definition) is 0. The Labute approximate surface area is 151 Å². The second-order valence-electron chi connectivity index (χ2n) is 6.60. The van der Waals surface area contributed by atoms with Gasteiger partial charge in [0.25, 0.3) is 17.7 Å². The lowest BCUT2D eigenvalue weighted by molar-refractivity contribution is -0.154. The van der Waals surface area contributed by atoms with E-state index >= 15 is 0 Å². The maximum Gasteiger partial charge on any atom is 0.329 e. The maximum atomic E-state index is 12.4. The van der Waals surface area contributed by atoms with Gasteiger partial charge in [-0.3, -0.25) is 19.3 Å². The molecule has 2 aliphatic rings. The Kier molecular flexibility index (Phi) is 5.35. The highest BCUT2D eigenvalue weighted by Gasteiger charge is 2.41. The van der Waals surface area contributed by atoms with Crippen LogP contribution in [-0.2, 0) is 14.3 Å². The van der Waals surface area contributed by atoms with E-state index in [1.165, 1.54) is 6.92 Å². The smallest absolute Gasteiger partial charge is 0.329 e. The molecular weight excluding hydrogens is 336 g/mol. The van der Waals surface area contributed by atoms with E-state index in [1.54, 1.807) is 29.2 Å². The zero-order chi connectivity index (χ0) is 18.7. The minimum absolute atomic E-state index is 0.241. The van der Waals surface area contributed by atoms with Crippen LogP contribution >= 0.6 is 0 Å². The van der Waals surface area contributed by atoms with E-state index in [4.69, 9.17) is 4.74 Å². The minimum Gasteiger partial charge on any atom is -0.454 e. The molecule has 0 spiro atoms. The summed E-state index contributed by atoms with van der Waals surface area (Å²) in [7, 11) is 0. The third-order valence-corrected chi connectivity index (χ3v) is 4.85. The number of hydrogen-bond acceptors (Lipinski definition) is 5. The second kappa shape index (κ2) is 7.68. The molecule has 2 aliphatic heterocycles. The highest BCUT2D eigenvalue weighted by molar-refractivity contribution is 6.22. The number of ether oxygens (including phenoxy) is 1. The fraction of sp³-hybridized carbons (Fsp3) is 0.474. The van der Waals surface area contributed by atoms with Gasteiger partial charge >= 0.3 is 5.97 Å². The summed E-state index contributed by atoms with van der Waals surface area (Å²) in [4.78, 5) is 51.9. The standard InChI is InChI=1S/C19H22N2O5/c1-13(21-17(23)14-8-4-5-9-15(14)18(21)24)19(25)26-12-16(22)20-10-6-2-3-7-11-20/h4-5,8-9,13H,2-3,6-7,10-12H2,1H3/t13-/m1/s1. The monoisotopic (exact) mass is 358 g/mol. The van der Waals surface area contributed by atoms with Crippen LogP contribution in [0.1, 0.15) is 53.3 Å². The molecule has 0 aliphatic carbocycles. The SMILES string of the molecule is C[C@H](C(=O)OCC(=O)N1CCCCCC1)N1C(=O)c2ccccc2C1=O. The van der Waals surface area contributed by atoms with Crippen molar-refractivity contribution < 1.29 is 23.9 Å². The van der Waals surface area contributed by atoms with E-state index in [0.717, 1.165) is 30.6 Å². The number of carbonyl (C=O) groups excluding carboxylic acids is 4. The Balaban J connectivity index is 1.59. The summed E-state index contributed by atoms with van der Waals surface area (Å²) in [5.41, 5.74) is 0.551. The summed E-state index contributed by atoms with van der Waals surface area (Å²) in [5.74, 6) is -2.04. The Hall–Kier alpha value is -2.70. The van der Waals surface area contributed by atoms with Crippen LogP contribution in [-0.4, -0.2) is 59.2 Å². The van der Waals surface area contributed by atoms with E-state index in [2.05, 4.69) is 0 Å². The van der Waals surface area contributed by atoms with Gasteiger partial charge in [0, 0.05) is 13.1 Å². The number of benzene rings is 1. The van der Waals surface area contributed by atoms with Crippen LogP contribution in [0, 0.1) is 0 Å². The van der Waals surface area contributed by atoms with Crippen molar-refractivity contribution in [1.82, 2.24) is 9.80 Å². The average molecular weight is 358 g/mol. The molecule has 3 amide bonds. The van der Waals surface area contributed by atoms with Crippen molar-refractivity contribution in [3.63, 3.8) is 0 Å². The molecule has 7 heteroatoms. The van der Waals surface area contributed by atoms with Gasteiger partial charge in [-0.25, -0.2) is 4.79 Å². The van der Waals surface area contributed by atoms with Crippen LogP contribution < -0.4 is 0 Å². The van der Waals surface area contributed by atoms with Crippen molar-refractivity contribution in [3.8, 4) is 0 Å². The summed E-state index contributed by atoms with van der Waals surface area (Å²) in [6.45, 7) is 2.40. The van der Waals surface area contributed by atoms with Gasteiger partial charge in [0.05, 0.1) is 11.1 Å². The van der Waals surface area contributed by atoms with Gasteiger partial charge in [0.2, 0.25) is 0 Å². The summed E-state index contributed by atoms with van der Waals surface area (Å²) < 4.78 is 5.09. The normalized spacial score (nSPS) is 18.3. The molecule has 138 valence electrons. The average Bonchev–Trinajstić information content (AvgIpc) is 2.84. The summed E-state index contributed by atoms with van der Waals surface area (Å²) in [5, 5.41) is 0. The van der Waals surface area contributed by atoms with Crippen LogP contribution in [0.15, 0.2) is 24.3 Å². The predicted octanol–water partition coefficient (Wildman–Crippen LogP) is 1.62. The minimum atomic E-state index is -1.08. The van der Waals surface area contributed by atoms with Gasteiger partial charge in [0.1, 0.15) is 6.04 Å². The zero-order valence-corrected chi connectivity index (χ0v) is 14.8. The summed E-state index contributed by atoms with van der Waals surface area (Å²) in [6.07, 6.45) is 4.09. The first-order valence-corrected chi connectivity index (χ1v) is 8.92. The van der Waals surface area contributed by atoms with Crippen molar-refractivity contribution in [2.45, 2.75) is 38.6 Å². The molecule has 0 bridgehead atoms. The third kappa shape index (κ3) is 3.47. The molecule has 0 unspecified atom stereocenters. The molecule has 1 fully saturated rings. The molecule has 26 heavy (non-hydrogen) atoms. The molecule has 1 aromatic rings. The lowest BCUT2D eigenvalue weighted by atomic mass is 10.1. The molecule has 0 aromatic heterocycles. The molecule has 1 aromatic carbocycles. The molecule has 0 N–H and O–H groups in total. The Morgan fingerprint density at radius 3 is 2.08 bits per heavy atom. The molecular formula is C19H22N2O5. The second-order valence-corrected chi connectivity index (χ2v) is 6.60. The van der Waals surface area contributed by atoms with Crippen LogP contribution in [0.5, 0.6) is 0 Å². The van der Waals surface area contributed by atoms with Crippen molar-refractivity contribution in [1.29, 1.82) is 0 Å². The molecule has 2 heterocycles. The number of amides is 3. The first kappa shape index (κ1) is 18.1. The highest BCUT2D eigenvalue weighted by Crippen LogP contribution is 2.24. The van der Waals surface area contributed by atoms with Gasteiger partial charge in [-0.2, -0.15) is 0 Å². The van der Waals surface area contributed by atoms with Gasteiger partial charge in [0.15, 0.2) is 6.61 Å². The fourth-order valence-corrected chi connectivity index (χ4v) is 3.33. The van der Waals surface area contributed by atoms with Crippen LogP contribution in [0.25, 0.3) is 0 Å². The highest BCUT2D eigenvalue weighted by atomic mass is 16.5. The van der Waals surface area contributed by atoms with E-state index in [1.807, 2.05) is 0 Å². The van der Waals surface area contributed by atoms with E-state index < -0.39 is 23.8 Å². The van der Waals surface area contributed by atoms with Gasteiger partial charge in [-0.05, 0) is 31.9 Å². The third-order valence-electron chi connectivity index (χ3n) is 4.85. The summed E-state index contributed by atoms with van der Waals surface area (Å²) >= 11 is 0. The maximum absolute atomic E-state index is 12.4. The van der Waals surface area contributed by atoms with Crippen molar-refractivity contribution in [2.24, 2.45) is 0 Å². The lowest BCUT2D eigenvalue weighted by Gasteiger charge is -2.23. The number of imide groups is 1. The fourth-order valence-electron chi connectivity index (χ4n) is 3.33. The Morgan fingerprint density at radius 1 is 1.00 bits per heavy atom. The number of esters is 1. The van der Waals surface area contributed by atoms with Crippen LogP contribution in [0.3, 0.4) is 0 Å². The van der Waals surface area contributed by atoms with Crippen LogP contribution in [0.2, 0.25) is 0 Å². The topological polar surface area (TPSA) is 84.0 Å². The number of carbonyl (C=O) groups is 4. The van der Waals surface area contributed by atoms with Crippen molar-refractivity contribution >= 4 is 23.7 Å². The van der Waals surface area contributed by atoms with Crippen molar-refractivity contribution in [2.75, 3.05) is 19.7 Å². The predicted molar refractivity (Wildman–Crippen MR) is 92.4 cm³/mol. The first-order valence-electron chi connectivity index (χ1n) is 8.92. The molecule has 3 rings (SSSR count). The molecule has 7 nitrogen and oxygen atoms in total. The molecule has 1 atom stereocenters. The zero-order valence-electron chi connectivity index (χ0n) is 14.8. The van der Waals surface area contributed by atoms with Gasteiger partial charge in [-0.1, -0.05) is 25.0 Å². The number of likely N-dealkylation sites (tertiary alicyclic amines) is 1. The molecule has 1 saturated heterocycles. The van der Waals surface area contributed by atoms with E-state index in [-0.39, 0.29) is 23.6 Å². The van der Waals surface area contributed by atoms with E-state index in [0.29, 0.717) is 13.1 Å². The Morgan fingerprint density at radius 2 is 1.54 bits per heavy atom. The first-order chi connectivity index (χ1) is 12.5. The summed E-state index contributed by atoms with van der Waals surface area (Å²) in [6, 6.07) is 5.35. The van der Waals surface area contributed by atoms with Gasteiger partial charge in [-0.15, -0.1) is 0 Å². The molecule has 0 radical (unpaired) electrons. The van der Waals surface area contributed by atoms with Crippen LogP contribution in [0.4, 0.5) is 0 Å². The lowest BCUT2D eigenvalue weighted by Crippen LogP contribution is -2.45. The number of fused-ring (bicyclic) bond motifs is 1. The molecule has 0 saturated carbocycles. The number of nitrogens with zero attached hydrogens (tertiary/aromatic N) is 2. The number of rotatable bonds is 4. The Bertz CT molecular complexity index is 702. The van der Waals surface area contributed by atoms with Gasteiger partial charge < -0.3 is 9.64 Å².